The molecule has 0 amide bonds. The molecule has 2 saturated heterocycles. The molecule has 0 N–H and O–H groups in total. The Morgan fingerprint density at radius 1 is 0.882 bits per heavy atom. The molecule has 0 unspecified atom stereocenters. The molecule has 17 heavy (non-hydrogen) atoms. The van der Waals surface area contributed by atoms with Crippen LogP contribution in [-0.4, -0.2) is 73.0 Å². The van der Waals surface area contributed by atoms with Gasteiger partial charge in [-0.1, -0.05) is 0 Å². The zero-order valence-electron chi connectivity index (χ0n) is 11.5. The molecule has 0 aromatic rings. The lowest BCUT2D eigenvalue weighted by Gasteiger charge is -2.38. The molecule has 2 aliphatic heterocycles. The van der Waals surface area contributed by atoms with E-state index in [4.69, 9.17) is 4.99 Å². The number of aliphatic imine (C=N–C) groups is 1. The van der Waals surface area contributed by atoms with Crippen molar-refractivity contribution in [2.75, 3.05) is 46.3 Å². The van der Waals surface area contributed by atoms with Crippen LogP contribution in [0.25, 0.3) is 0 Å². The van der Waals surface area contributed by atoms with E-state index in [1.807, 2.05) is 0 Å². The molecule has 0 aromatic heterocycles. The van der Waals surface area contributed by atoms with Gasteiger partial charge in [-0.2, -0.15) is 0 Å². The van der Waals surface area contributed by atoms with Gasteiger partial charge < -0.3 is 14.7 Å². The van der Waals surface area contributed by atoms with Gasteiger partial charge in [0.15, 0.2) is 5.96 Å². The Bertz CT molecular complexity index is 261. The Balaban J connectivity index is 2.04. The highest BCUT2D eigenvalue weighted by Gasteiger charge is 2.24. The highest BCUT2D eigenvalue weighted by molar-refractivity contribution is 5.80. The summed E-state index contributed by atoms with van der Waals surface area (Å²) < 4.78 is 0. The van der Waals surface area contributed by atoms with Gasteiger partial charge in [-0.05, 0) is 33.7 Å². The normalized spacial score (nSPS) is 23.9. The maximum Gasteiger partial charge on any atom is 0.196 e. The smallest absolute Gasteiger partial charge is 0.196 e. The summed E-state index contributed by atoms with van der Waals surface area (Å²) in [6.07, 6.45) is 2.65. The summed E-state index contributed by atoms with van der Waals surface area (Å²) >= 11 is 0. The van der Waals surface area contributed by atoms with E-state index in [9.17, 15) is 0 Å². The number of piperazine rings is 1. The first-order valence-electron chi connectivity index (χ1n) is 6.93. The second kappa shape index (κ2) is 5.71. The van der Waals surface area contributed by atoms with Crippen LogP contribution in [0.15, 0.2) is 4.99 Å². The predicted molar refractivity (Wildman–Crippen MR) is 72.4 cm³/mol. The Kier molecular flexibility index (Phi) is 4.26. The molecule has 0 spiro atoms. The zero-order valence-corrected chi connectivity index (χ0v) is 11.5. The number of hydrogen-bond donors (Lipinski definition) is 0. The molecule has 4 nitrogen and oxygen atoms in total. The van der Waals surface area contributed by atoms with E-state index < -0.39 is 0 Å². The van der Waals surface area contributed by atoms with E-state index in [1.165, 1.54) is 31.9 Å². The number of hydrogen-bond acceptors (Lipinski definition) is 2. The molecule has 2 heterocycles. The van der Waals surface area contributed by atoms with E-state index in [2.05, 4.69) is 35.6 Å². The van der Waals surface area contributed by atoms with E-state index in [-0.39, 0.29) is 0 Å². The lowest BCUT2D eigenvalue weighted by molar-refractivity contribution is 0.199. The van der Waals surface area contributed by atoms with Crippen LogP contribution >= 0.6 is 0 Å². The molecule has 0 aromatic carbocycles. The molecule has 2 rings (SSSR count). The Labute approximate surface area is 105 Å². The van der Waals surface area contributed by atoms with Crippen LogP contribution in [0.3, 0.4) is 0 Å². The lowest BCUT2D eigenvalue weighted by atomic mass is 10.3. The Morgan fingerprint density at radius 2 is 1.41 bits per heavy atom. The minimum absolute atomic E-state index is 0.394. The largest absolute Gasteiger partial charge is 0.343 e. The topological polar surface area (TPSA) is 22.1 Å². The van der Waals surface area contributed by atoms with Crippen molar-refractivity contribution in [2.24, 2.45) is 4.99 Å². The predicted octanol–water partition coefficient (Wildman–Crippen LogP) is 1.09. The van der Waals surface area contributed by atoms with Crippen molar-refractivity contribution in [1.29, 1.82) is 0 Å². The lowest BCUT2D eigenvalue weighted by Crippen LogP contribution is -2.52. The average Bonchev–Trinajstić information content (AvgIpc) is 2.80. The van der Waals surface area contributed by atoms with Gasteiger partial charge in [0.1, 0.15) is 0 Å². The summed E-state index contributed by atoms with van der Waals surface area (Å²) in [6.45, 7) is 11.3. The third kappa shape index (κ3) is 3.35. The molecule has 2 fully saturated rings. The fourth-order valence-corrected chi connectivity index (χ4v) is 2.52. The Hall–Kier alpha value is -0.770. The monoisotopic (exact) mass is 238 g/mol. The first kappa shape index (κ1) is 12.7. The van der Waals surface area contributed by atoms with Crippen molar-refractivity contribution < 1.29 is 0 Å². The quantitative estimate of drug-likeness (QED) is 0.504. The van der Waals surface area contributed by atoms with Crippen molar-refractivity contribution in [3.63, 3.8) is 0 Å². The maximum atomic E-state index is 4.86. The summed E-state index contributed by atoms with van der Waals surface area (Å²) in [5.41, 5.74) is 0. The molecule has 0 aliphatic carbocycles. The van der Waals surface area contributed by atoms with Gasteiger partial charge in [0.25, 0.3) is 0 Å². The first-order chi connectivity index (χ1) is 8.16. The number of nitrogens with zero attached hydrogens (tertiary/aromatic N) is 4. The van der Waals surface area contributed by atoms with Gasteiger partial charge in [-0.25, -0.2) is 0 Å². The SMILES string of the molecule is CC(C)N=C(N1CCCC1)N1CCN(C)CC1. The molecule has 0 radical (unpaired) electrons. The second-order valence-electron chi connectivity index (χ2n) is 5.51. The molecule has 0 bridgehead atoms. The zero-order chi connectivity index (χ0) is 12.3. The van der Waals surface area contributed by atoms with Gasteiger partial charge in [0.05, 0.1) is 0 Å². The van der Waals surface area contributed by atoms with Crippen LogP contribution < -0.4 is 0 Å². The maximum absolute atomic E-state index is 4.86. The minimum atomic E-state index is 0.394. The number of rotatable bonds is 1. The molecular formula is C13H26N4. The van der Waals surface area contributed by atoms with Gasteiger partial charge in [-0.15, -0.1) is 0 Å². The van der Waals surface area contributed by atoms with E-state index in [1.54, 1.807) is 0 Å². The highest BCUT2D eigenvalue weighted by Crippen LogP contribution is 2.13. The third-order valence-electron chi connectivity index (χ3n) is 3.55. The van der Waals surface area contributed by atoms with Crippen LogP contribution in [0.2, 0.25) is 0 Å². The van der Waals surface area contributed by atoms with Crippen molar-refractivity contribution in [3.8, 4) is 0 Å². The molecule has 0 atom stereocenters. The fourth-order valence-electron chi connectivity index (χ4n) is 2.52. The summed E-state index contributed by atoms with van der Waals surface area (Å²) in [5, 5.41) is 0. The molecule has 4 heteroatoms. The van der Waals surface area contributed by atoms with E-state index in [0.717, 1.165) is 26.2 Å². The Morgan fingerprint density at radius 3 is 1.94 bits per heavy atom. The molecule has 0 saturated carbocycles. The summed E-state index contributed by atoms with van der Waals surface area (Å²) in [5.74, 6) is 1.26. The summed E-state index contributed by atoms with van der Waals surface area (Å²) in [6, 6.07) is 0.394. The van der Waals surface area contributed by atoms with Crippen molar-refractivity contribution in [2.45, 2.75) is 32.7 Å². The van der Waals surface area contributed by atoms with Gasteiger partial charge in [0.2, 0.25) is 0 Å². The van der Waals surface area contributed by atoms with Gasteiger partial charge >= 0.3 is 0 Å². The van der Waals surface area contributed by atoms with E-state index >= 15 is 0 Å². The van der Waals surface area contributed by atoms with Gasteiger partial charge in [-0.3, -0.25) is 4.99 Å². The van der Waals surface area contributed by atoms with Crippen LogP contribution in [0.4, 0.5) is 0 Å². The minimum Gasteiger partial charge on any atom is -0.343 e. The number of likely N-dealkylation sites (N-methyl/N-ethyl adjacent to an activating group) is 1. The van der Waals surface area contributed by atoms with Crippen molar-refractivity contribution >= 4 is 5.96 Å². The highest BCUT2D eigenvalue weighted by atomic mass is 15.4. The van der Waals surface area contributed by atoms with E-state index in [0.29, 0.717) is 6.04 Å². The van der Waals surface area contributed by atoms with Crippen LogP contribution in [-0.2, 0) is 0 Å². The van der Waals surface area contributed by atoms with Gasteiger partial charge in [0, 0.05) is 45.3 Å². The molecular weight excluding hydrogens is 212 g/mol. The number of guanidine groups is 1. The average molecular weight is 238 g/mol. The summed E-state index contributed by atoms with van der Waals surface area (Å²) in [4.78, 5) is 12.2. The standard InChI is InChI=1S/C13H26N4/c1-12(2)14-13(16-6-4-5-7-16)17-10-8-15(3)9-11-17/h12H,4-11H2,1-3H3. The number of likely N-dealkylation sites (tertiary alicyclic amines) is 1. The van der Waals surface area contributed by atoms with Crippen LogP contribution in [0.5, 0.6) is 0 Å². The third-order valence-corrected chi connectivity index (χ3v) is 3.55. The summed E-state index contributed by atoms with van der Waals surface area (Å²) in [7, 11) is 2.20. The first-order valence-corrected chi connectivity index (χ1v) is 6.93. The van der Waals surface area contributed by atoms with Crippen LogP contribution in [0, 0.1) is 0 Å². The van der Waals surface area contributed by atoms with Crippen molar-refractivity contribution in [1.82, 2.24) is 14.7 Å². The van der Waals surface area contributed by atoms with Crippen molar-refractivity contribution in [3.05, 3.63) is 0 Å². The second-order valence-corrected chi connectivity index (χ2v) is 5.51. The fraction of sp³-hybridized carbons (Fsp3) is 0.923. The molecule has 2 aliphatic rings. The molecule has 98 valence electrons. The van der Waals surface area contributed by atoms with Crippen LogP contribution in [0.1, 0.15) is 26.7 Å².